The second kappa shape index (κ2) is 5.61. The molecule has 5 heteroatoms. The van der Waals surface area contributed by atoms with Crippen LogP contribution in [-0.2, 0) is 0 Å². The van der Waals surface area contributed by atoms with Crippen LogP contribution in [0.3, 0.4) is 0 Å². The van der Waals surface area contributed by atoms with Crippen molar-refractivity contribution in [3.8, 4) is 0 Å². The average molecular weight is 270 g/mol. The first kappa shape index (κ1) is 13.9. The van der Waals surface area contributed by atoms with Gasteiger partial charge in [-0.05, 0) is 29.7 Å². The number of pyridine rings is 1. The zero-order chi connectivity index (χ0) is 14.7. The van der Waals surface area contributed by atoms with Crippen LogP contribution in [0.5, 0.6) is 0 Å². The molecule has 0 saturated heterocycles. The highest BCUT2D eigenvalue weighted by atomic mass is 16.1. The number of amidine groups is 1. The number of nitrogen functional groups attached to an aromatic ring is 1. The van der Waals surface area contributed by atoms with Gasteiger partial charge in [0.2, 0.25) is 0 Å². The van der Waals surface area contributed by atoms with Crippen molar-refractivity contribution < 1.29 is 0 Å². The third-order valence-corrected chi connectivity index (χ3v) is 3.06. The van der Waals surface area contributed by atoms with E-state index in [9.17, 15) is 4.79 Å². The van der Waals surface area contributed by atoms with Gasteiger partial charge in [-0.1, -0.05) is 26.0 Å². The SMILES string of the molecule is CC(C)c1ccc(N=C(N)c2c(N)cc[nH]c2=O)cc1. The molecule has 2 aromatic rings. The van der Waals surface area contributed by atoms with Crippen molar-refractivity contribution in [1.29, 1.82) is 0 Å². The van der Waals surface area contributed by atoms with Gasteiger partial charge in [-0.15, -0.1) is 0 Å². The molecule has 1 aromatic heterocycles. The zero-order valence-electron chi connectivity index (χ0n) is 11.6. The summed E-state index contributed by atoms with van der Waals surface area (Å²) in [5.41, 5.74) is 13.7. The predicted octanol–water partition coefficient (Wildman–Crippen LogP) is 2.12. The van der Waals surface area contributed by atoms with Crippen LogP contribution in [0, 0.1) is 0 Å². The largest absolute Gasteiger partial charge is 0.398 e. The van der Waals surface area contributed by atoms with Gasteiger partial charge in [0.1, 0.15) is 11.4 Å². The Balaban J connectivity index is 2.37. The fourth-order valence-electron chi connectivity index (χ4n) is 1.89. The molecule has 2 rings (SSSR count). The molecule has 1 heterocycles. The maximum Gasteiger partial charge on any atom is 0.261 e. The van der Waals surface area contributed by atoms with Crippen LogP contribution < -0.4 is 17.0 Å². The molecule has 0 radical (unpaired) electrons. The van der Waals surface area contributed by atoms with Crippen LogP contribution >= 0.6 is 0 Å². The molecule has 0 amide bonds. The fourth-order valence-corrected chi connectivity index (χ4v) is 1.89. The van der Waals surface area contributed by atoms with Gasteiger partial charge in [0.05, 0.1) is 5.69 Å². The quantitative estimate of drug-likeness (QED) is 0.588. The first-order chi connectivity index (χ1) is 9.49. The number of benzene rings is 1. The lowest BCUT2D eigenvalue weighted by Crippen LogP contribution is -2.25. The molecule has 0 bridgehead atoms. The van der Waals surface area contributed by atoms with Crippen LogP contribution in [0.4, 0.5) is 11.4 Å². The van der Waals surface area contributed by atoms with E-state index in [0.29, 0.717) is 17.3 Å². The Labute approximate surface area is 117 Å². The number of rotatable bonds is 3. The summed E-state index contributed by atoms with van der Waals surface area (Å²) >= 11 is 0. The minimum absolute atomic E-state index is 0.113. The van der Waals surface area contributed by atoms with Crippen LogP contribution in [0.2, 0.25) is 0 Å². The molecule has 0 aliphatic heterocycles. The number of nitrogens with one attached hydrogen (secondary N) is 1. The minimum atomic E-state index is -0.343. The van der Waals surface area contributed by atoms with E-state index in [-0.39, 0.29) is 17.0 Å². The topological polar surface area (TPSA) is 97.3 Å². The molecule has 0 aliphatic rings. The van der Waals surface area contributed by atoms with E-state index in [2.05, 4.69) is 23.8 Å². The Bertz CT molecular complexity index is 684. The summed E-state index contributed by atoms with van der Waals surface area (Å²) in [6.07, 6.45) is 1.48. The Morgan fingerprint density at radius 3 is 2.40 bits per heavy atom. The van der Waals surface area contributed by atoms with E-state index in [4.69, 9.17) is 11.5 Å². The molecule has 104 valence electrons. The number of H-pyrrole nitrogens is 1. The van der Waals surface area contributed by atoms with Gasteiger partial charge in [-0.25, -0.2) is 4.99 Å². The highest BCUT2D eigenvalue weighted by Crippen LogP contribution is 2.19. The van der Waals surface area contributed by atoms with Crippen molar-refractivity contribution in [2.75, 3.05) is 5.73 Å². The van der Waals surface area contributed by atoms with Gasteiger partial charge < -0.3 is 16.5 Å². The van der Waals surface area contributed by atoms with Gasteiger partial charge >= 0.3 is 0 Å². The number of hydrogen-bond donors (Lipinski definition) is 3. The Kier molecular flexibility index (Phi) is 3.89. The van der Waals surface area contributed by atoms with E-state index >= 15 is 0 Å². The average Bonchev–Trinajstić information content (AvgIpc) is 2.39. The summed E-state index contributed by atoms with van der Waals surface area (Å²) in [5, 5.41) is 0. The number of nitrogens with two attached hydrogens (primary N) is 2. The second-order valence-electron chi connectivity index (χ2n) is 4.88. The molecular weight excluding hydrogens is 252 g/mol. The molecule has 0 aliphatic carbocycles. The number of aromatic nitrogens is 1. The van der Waals surface area contributed by atoms with Crippen molar-refractivity contribution in [1.82, 2.24) is 4.98 Å². The lowest BCUT2D eigenvalue weighted by molar-refractivity contribution is 0.867. The first-order valence-corrected chi connectivity index (χ1v) is 6.40. The van der Waals surface area contributed by atoms with Gasteiger partial charge in [-0.3, -0.25) is 4.79 Å². The van der Waals surface area contributed by atoms with Crippen LogP contribution in [-0.4, -0.2) is 10.8 Å². The molecule has 0 fully saturated rings. The van der Waals surface area contributed by atoms with Gasteiger partial charge in [-0.2, -0.15) is 0 Å². The van der Waals surface area contributed by atoms with E-state index in [1.54, 1.807) is 6.07 Å². The monoisotopic (exact) mass is 270 g/mol. The van der Waals surface area contributed by atoms with Gasteiger partial charge in [0.25, 0.3) is 5.56 Å². The maximum atomic E-state index is 11.7. The van der Waals surface area contributed by atoms with E-state index in [1.165, 1.54) is 11.8 Å². The smallest absolute Gasteiger partial charge is 0.261 e. The van der Waals surface area contributed by atoms with Crippen LogP contribution in [0.15, 0.2) is 46.3 Å². The minimum Gasteiger partial charge on any atom is -0.398 e. The van der Waals surface area contributed by atoms with Gasteiger partial charge in [0.15, 0.2) is 0 Å². The van der Waals surface area contributed by atoms with E-state index < -0.39 is 0 Å². The molecule has 0 spiro atoms. The van der Waals surface area contributed by atoms with Crippen molar-refractivity contribution in [3.63, 3.8) is 0 Å². The summed E-state index contributed by atoms with van der Waals surface area (Å²) < 4.78 is 0. The third-order valence-electron chi connectivity index (χ3n) is 3.06. The van der Waals surface area contributed by atoms with E-state index in [1.807, 2.05) is 24.3 Å². The summed E-state index contributed by atoms with van der Waals surface area (Å²) in [5.74, 6) is 0.569. The van der Waals surface area contributed by atoms with E-state index in [0.717, 1.165) is 0 Å². The van der Waals surface area contributed by atoms with Gasteiger partial charge in [0, 0.05) is 11.9 Å². The molecular formula is C15H18N4O. The van der Waals surface area contributed by atoms with Crippen molar-refractivity contribution in [2.45, 2.75) is 19.8 Å². The van der Waals surface area contributed by atoms with Crippen molar-refractivity contribution in [2.24, 2.45) is 10.7 Å². The maximum absolute atomic E-state index is 11.7. The molecule has 5 N–H and O–H groups in total. The van der Waals surface area contributed by atoms with Crippen molar-refractivity contribution in [3.05, 3.63) is 58.0 Å². The molecule has 0 saturated carbocycles. The van der Waals surface area contributed by atoms with Crippen LogP contribution in [0.25, 0.3) is 0 Å². The first-order valence-electron chi connectivity index (χ1n) is 6.40. The number of aromatic amines is 1. The van der Waals surface area contributed by atoms with Crippen molar-refractivity contribution >= 4 is 17.2 Å². The Hall–Kier alpha value is -2.56. The molecule has 0 atom stereocenters. The Morgan fingerprint density at radius 2 is 1.85 bits per heavy atom. The molecule has 5 nitrogen and oxygen atoms in total. The highest BCUT2D eigenvalue weighted by Gasteiger charge is 2.09. The predicted molar refractivity (Wildman–Crippen MR) is 82.4 cm³/mol. The molecule has 20 heavy (non-hydrogen) atoms. The second-order valence-corrected chi connectivity index (χ2v) is 4.88. The normalized spacial score (nSPS) is 11.8. The lowest BCUT2D eigenvalue weighted by Gasteiger charge is -2.06. The molecule has 0 unspecified atom stereocenters. The number of hydrogen-bond acceptors (Lipinski definition) is 3. The summed E-state index contributed by atoms with van der Waals surface area (Å²) in [6.45, 7) is 4.24. The number of anilines is 1. The number of nitrogens with zero attached hydrogens (tertiary/aromatic N) is 1. The lowest BCUT2D eigenvalue weighted by atomic mass is 10.0. The Morgan fingerprint density at radius 1 is 1.20 bits per heavy atom. The third kappa shape index (κ3) is 2.88. The zero-order valence-corrected chi connectivity index (χ0v) is 11.6. The fraction of sp³-hybridized carbons (Fsp3) is 0.200. The highest BCUT2D eigenvalue weighted by molar-refractivity contribution is 6.02. The number of aliphatic imine (C=N–C) groups is 1. The standard InChI is InChI=1S/C15H18N4O/c1-9(2)10-3-5-11(6-4-10)19-14(17)13-12(16)7-8-18-15(13)20/h3-9H,1-2H3,(H2,17,19)(H3,16,18,20). The molecule has 1 aromatic carbocycles. The summed E-state index contributed by atoms with van der Waals surface area (Å²) in [4.78, 5) is 18.5. The summed E-state index contributed by atoms with van der Waals surface area (Å²) in [6, 6.07) is 9.32. The van der Waals surface area contributed by atoms with Crippen LogP contribution in [0.1, 0.15) is 30.9 Å². The summed E-state index contributed by atoms with van der Waals surface area (Å²) in [7, 11) is 0.